The van der Waals surface area contributed by atoms with Gasteiger partial charge in [0.1, 0.15) is 6.04 Å². The third-order valence-electron chi connectivity index (χ3n) is 1.96. The minimum Gasteiger partial charge on any atom is -0.480 e. The van der Waals surface area contributed by atoms with Crippen LogP contribution in [0.1, 0.15) is 13.3 Å². The predicted molar refractivity (Wildman–Crippen MR) is 42.4 cm³/mol. The Balaban J connectivity index is 2.58. The number of nitrogens with zero attached hydrogens (tertiary/aromatic N) is 1. The lowest BCUT2D eigenvalue weighted by Gasteiger charge is -2.36. The molecule has 62 valence electrons. The topological polar surface area (TPSA) is 40.5 Å². The van der Waals surface area contributed by atoms with Crippen LogP contribution in [0.5, 0.6) is 0 Å². The van der Waals surface area contributed by atoms with Gasteiger partial charge >= 0.3 is 5.97 Å². The van der Waals surface area contributed by atoms with Crippen molar-refractivity contribution in [1.29, 1.82) is 0 Å². The first-order valence-corrected chi connectivity index (χ1v) is 3.75. The highest BCUT2D eigenvalue weighted by molar-refractivity contribution is 5.77. The number of likely N-dealkylation sites (tertiary alicyclic amines) is 1. The molecule has 0 bridgehead atoms. The van der Waals surface area contributed by atoms with Crippen molar-refractivity contribution < 1.29 is 9.90 Å². The van der Waals surface area contributed by atoms with E-state index in [1.54, 1.807) is 6.92 Å². The first-order chi connectivity index (χ1) is 5.13. The van der Waals surface area contributed by atoms with E-state index in [2.05, 4.69) is 6.58 Å². The van der Waals surface area contributed by atoms with Crippen LogP contribution in [-0.4, -0.2) is 35.1 Å². The Hall–Kier alpha value is -0.830. The summed E-state index contributed by atoms with van der Waals surface area (Å²) in [6.45, 7) is 7.20. The maximum Gasteiger partial charge on any atom is 0.325 e. The molecule has 1 fully saturated rings. The van der Waals surface area contributed by atoms with Crippen LogP contribution >= 0.6 is 0 Å². The van der Waals surface area contributed by atoms with Crippen LogP contribution in [0, 0.1) is 0 Å². The van der Waals surface area contributed by atoms with Gasteiger partial charge in [0.2, 0.25) is 0 Å². The number of aliphatic carboxylic acids is 1. The van der Waals surface area contributed by atoms with Crippen molar-refractivity contribution in [1.82, 2.24) is 4.90 Å². The van der Waals surface area contributed by atoms with Gasteiger partial charge in [0.25, 0.3) is 0 Å². The highest BCUT2D eigenvalue weighted by atomic mass is 16.4. The fourth-order valence-corrected chi connectivity index (χ4v) is 1.28. The van der Waals surface area contributed by atoms with Crippen molar-refractivity contribution in [3.8, 4) is 0 Å². The van der Waals surface area contributed by atoms with E-state index in [9.17, 15) is 4.79 Å². The third-order valence-corrected chi connectivity index (χ3v) is 1.96. The van der Waals surface area contributed by atoms with Crippen LogP contribution < -0.4 is 0 Å². The third kappa shape index (κ3) is 1.60. The molecule has 1 atom stereocenters. The molecule has 1 saturated heterocycles. The maximum absolute atomic E-state index is 10.7. The highest BCUT2D eigenvalue weighted by Gasteiger charge is 2.29. The fraction of sp³-hybridized carbons (Fsp3) is 0.625. The lowest BCUT2D eigenvalue weighted by molar-refractivity contribution is -0.143. The molecule has 1 aliphatic heterocycles. The summed E-state index contributed by atoms with van der Waals surface area (Å²) in [5.74, 6) is -0.780. The van der Waals surface area contributed by atoms with Gasteiger partial charge in [0, 0.05) is 13.1 Å². The zero-order chi connectivity index (χ0) is 8.43. The summed E-state index contributed by atoms with van der Waals surface area (Å²) in [6.07, 6.45) is 1.11. The molecule has 3 nitrogen and oxygen atoms in total. The molecule has 0 saturated carbocycles. The predicted octanol–water partition coefficient (Wildman–Crippen LogP) is 0.721. The second-order valence-electron chi connectivity index (χ2n) is 2.98. The molecular weight excluding hydrogens is 142 g/mol. The quantitative estimate of drug-likeness (QED) is 0.610. The lowest BCUT2D eigenvalue weighted by atomic mass is 10.0. The van der Waals surface area contributed by atoms with Crippen molar-refractivity contribution in [2.45, 2.75) is 19.4 Å². The number of hydrogen-bond acceptors (Lipinski definition) is 2. The first-order valence-electron chi connectivity index (χ1n) is 3.75. The van der Waals surface area contributed by atoms with Gasteiger partial charge in [-0.05, 0) is 13.3 Å². The number of hydrogen-bond donors (Lipinski definition) is 1. The number of carbonyl (C=O) groups is 1. The van der Waals surface area contributed by atoms with Crippen molar-refractivity contribution in [3.05, 3.63) is 12.2 Å². The number of carboxylic acids is 1. The molecule has 0 spiro atoms. The van der Waals surface area contributed by atoms with Gasteiger partial charge in [-0.25, -0.2) is 0 Å². The van der Waals surface area contributed by atoms with E-state index in [-0.39, 0.29) is 0 Å². The van der Waals surface area contributed by atoms with E-state index in [1.165, 1.54) is 0 Å². The summed E-state index contributed by atoms with van der Waals surface area (Å²) in [6, 6.07) is -0.455. The Bertz CT molecular complexity index is 171. The SMILES string of the molecule is C=C(C)C(C(=O)O)N1CCC1. The molecule has 0 aliphatic carbocycles. The van der Waals surface area contributed by atoms with Gasteiger partial charge in [-0.3, -0.25) is 9.69 Å². The Morgan fingerprint density at radius 3 is 2.27 bits per heavy atom. The molecule has 0 radical (unpaired) electrons. The average molecular weight is 155 g/mol. The van der Waals surface area contributed by atoms with E-state index in [0.717, 1.165) is 25.1 Å². The fourth-order valence-electron chi connectivity index (χ4n) is 1.28. The Labute approximate surface area is 66.3 Å². The molecular formula is C8H13NO2. The number of carboxylic acid groups (broad SMARTS) is 1. The number of rotatable bonds is 3. The van der Waals surface area contributed by atoms with Crippen LogP contribution in [0.4, 0.5) is 0 Å². The van der Waals surface area contributed by atoms with Crippen molar-refractivity contribution in [2.75, 3.05) is 13.1 Å². The summed E-state index contributed by atoms with van der Waals surface area (Å²) < 4.78 is 0. The molecule has 0 aromatic heterocycles. The molecule has 0 amide bonds. The molecule has 1 aliphatic rings. The first kappa shape index (κ1) is 8.27. The minimum absolute atomic E-state index is 0.455. The van der Waals surface area contributed by atoms with Crippen molar-refractivity contribution in [2.24, 2.45) is 0 Å². The van der Waals surface area contributed by atoms with Gasteiger partial charge in [-0.15, -0.1) is 0 Å². The van der Waals surface area contributed by atoms with Crippen LogP contribution in [0.2, 0.25) is 0 Å². The van der Waals surface area contributed by atoms with E-state index in [4.69, 9.17) is 5.11 Å². The van der Waals surface area contributed by atoms with Gasteiger partial charge < -0.3 is 5.11 Å². The molecule has 3 heteroatoms. The lowest BCUT2D eigenvalue weighted by Crippen LogP contribution is -2.49. The van der Waals surface area contributed by atoms with Crippen molar-refractivity contribution in [3.63, 3.8) is 0 Å². The largest absolute Gasteiger partial charge is 0.480 e. The second kappa shape index (κ2) is 3.05. The Morgan fingerprint density at radius 1 is 1.64 bits per heavy atom. The van der Waals surface area contributed by atoms with E-state index in [1.807, 2.05) is 4.90 Å². The maximum atomic E-state index is 10.7. The van der Waals surface area contributed by atoms with Crippen molar-refractivity contribution >= 4 is 5.97 Å². The summed E-state index contributed by atoms with van der Waals surface area (Å²) >= 11 is 0. The zero-order valence-corrected chi connectivity index (χ0v) is 6.71. The monoisotopic (exact) mass is 155 g/mol. The molecule has 1 rings (SSSR count). The van der Waals surface area contributed by atoms with Gasteiger partial charge in [-0.2, -0.15) is 0 Å². The van der Waals surface area contributed by atoms with E-state index in [0.29, 0.717) is 0 Å². The average Bonchev–Trinajstić information content (AvgIpc) is 1.75. The summed E-state index contributed by atoms with van der Waals surface area (Å²) in [4.78, 5) is 12.6. The minimum atomic E-state index is -0.780. The van der Waals surface area contributed by atoms with Gasteiger partial charge in [-0.1, -0.05) is 12.2 Å². The molecule has 0 aromatic rings. The standard InChI is InChI=1S/C8H13NO2/c1-6(2)7(8(10)11)9-4-3-5-9/h7H,1,3-5H2,2H3,(H,10,11). The summed E-state index contributed by atoms with van der Waals surface area (Å²) in [7, 11) is 0. The molecule has 11 heavy (non-hydrogen) atoms. The van der Waals surface area contributed by atoms with Gasteiger partial charge in [0.05, 0.1) is 0 Å². The molecule has 1 N–H and O–H groups in total. The van der Waals surface area contributed by atoms with Crippen LogP contribution in [0.3, 0.4) is 0 Å². The molecule has 1 heterocycles. The second-order valence-corrected chi connectivity index (χ2v) is 2.98. The smallest absolute Gasteiger partial charge is 0.325 e. The molecule has 0 aromatic carbocycles. The van der Waals surface area contributed by atoms with Crippen LogP contribution in [0.25, 0.3) is 0 Å². The van der Waals surface area contributed by atoms with Crippen LogP contribution in [-0.2, 0) is 4.79 Å². The Kier molecular flexibility index (Phi) is 2.29. The molecule has 1 unspecified atom stereocenters. The van der Waals surface area contributed by atoms with E-state index >= 15 is 0 Å². The summed E-state index contributed by atoms with van der Waals surface area (Å²) in [5.41, 5.74) is 0.720. The van der Waals surface area contributed by atoms with Gasteiger partial charge in [0.15, 0.2) is 0 Å². The van der Waals surface area contributed by atoms with Crippen LogP contribution in [0.15, 0.2) is 12.2 Å². The zero-order valence-electron chi connectivity index (χ0n) is 6.71. The Morgan fingerprint density at radius 2 is 2.18 bits per heavy atom. The normalized spacial score (nSPS) is 20.5. The van der Waals surface area contributed by atoms with E-state index < -0.39 is 12.0 Å². The highest BCUT2D eigenvalue weighted by Crippen LogP contribution is 2.16. The summed E-state index contributed by atoms with van der Waals surface area (Å²) in [5, 5.41) is 8.78.